The summed E-state index contributed by atoms with van der Waals surface area (Å²) in [5.41, 5.74) is 1.37. The van der Waals surface area contributed by atoms with Gasteiger partial charge in [0.05, 0.1) is 12.0 Å². The van der Waals surface area contributed by atoms with Gasteiger partial charge in [0.25, 0.3) is 11.8 Å². The summed E-state index contributed by atoms with van der Waals surface area (Å²) in [5.74, 6) is -0.471. The van der Waals surface area contributed by atoms with Crippen molar-refractivity contribution in [2.45, 2.75) is 6.92 Å². The van der Waals surface area contributed by atoms with E-state index in [0.717, 1.165) is 5.56 Å². The number of carbonyl (C=O) groups excluding carboxylic acids is 2. The van der Waals surface area contributed by atoms with Crippen molar-refractivity contribution in [1.29, 1.82) is 0 Å². The minimum atomic E-state index is -3.52. The van der Waals surface area contributed by atoms with Crippen LogP contribution in [0.5, 0.6) is 0 Å². The Labute approximate surface area is 164 Å². The fraction of sp³-hybridized carbons (Fsp3) is 0.368. The van der Waals surface area contributed by atoms with Crippen molar-refractivity contribution < 1.29 is 22.4 Å². The van der Waals surface area contributed by atoms with Crippen LogP contribution in [-0.4, -0.2) is 67.9 Å². The van der Waals surface area contributed by atoms with Crippen LogP contribution in [0.25, 0.3) is 0 Å². The number of hydrogen-bond donors (Lipinski definition) is 1. The predicted molar refractivity (Wildman–Crippen MR) is 103 cm³/mol. The Balaban J connectivity index is 1.48. The monoisotopic (exact) mass is 405 g/mol. The highest BCUT2D eigenvalue weighted by Gasteiger charge is 2.29. The van der Waals surface area contributed by atoms with Crippen molar-refractivity contribution in [2.75, 3.05) is 38.5 Å². The summed E-state index contributed by atoms with van der Waals surface area (Å²) in [6.07, 6.45) is 1.43. The van der Waals surface area contributed by atoms with E-state index in [1.54, 1.807) is 29.2 Å². The summed E-state index contributed by atoms with van der Waals surface area (Å²) >= 11 is 0. The molecule has 1 saturated heterocycles. The van der Waals surface area contributed by atoms with Crippen LogP contribution >= 0.6 is 0 Å². The lowest BCUT2D eigenvalue weighted by Crippen LogP contribution is -2.51. The molecule has 0 saturated carbocycles. The Morgan fingerprint density at radius 2 is 1.79 bits per heavy atom. The zero-order valence-electron chi connectivity index (χ0n) is 15.6. The summed E-state index contributed by atoms with van der Waals surface area (Å²) in [4.78, 5) is 26.0. The molecule has 28 heavy (non-hydrogen) atoms. The molecule has 1 aliphatic rings. The maximum absolute atomic E-state index is 12.5. The first kappa shape index (κ1) is 20.1. The normalized spacial score (nSPS) is 15.4. The van der Waals surface area contributed by atoms with Crippen LogP contribution in [0.1, 0.15) is 26.5 Å². The van der Waals surface area contributed by atoms with E-state index in [1.165, 1.54) is 10.6 Å². The molecule has 0 bridgehead atoms. The van der Waals surface area contributed by atoms with Gasteiger partial charge in [0.1, 0.15) is 0 Å². The molecule has 1 aliphatic heterocycles. The first-order valence-corrected chi connectivity index (χ1v) is 10.6. The molecule has 9 heteroatoms. The zero-order valence-corrected chi connectivity index (χ0v) is 16.4. The molecule has 1 fully saturated rings. The van der Waals surface area contributed by atoms with Gasteiger partial charge in [-0.05, 0) is 30.7 Å². The highest BCUT2D eigenvalue weighted by atomic mass is 32.2. The van der Waals surface area contributed by atoms with E-state index in [-0.39, 0.29) is 43.0 Å². The second-order valence-corrected chi connectivity index (χ2v) is 8.64. The molecular formula is C19H23N3O5S. The smallest absolute Gasteiger partial charge is 0.289 e. The molecule has 2 aromatic rings. The topological polar surface area (TPSA) is 99.9 Å². The SMILES string of the molecule is Cc1ccccc1C(=O)NCCS(=O)(=O)N1CCN(C(=O)c2ccco2)CC1. The van der Waals surface area contributed by atoms with Crippen molar-refractivity contribution in [2.24, 2.45) is 0 Å². The number of sulfonamides is 1. The molecule has 2 amide bonds. The van der Waals surface area contributed by atoms with Crippen LogP contribution in [0.2, 0.25) is 0 Å². The second kappa shape index (κ2) is 8.57. The number of aryl methyl sites for hydroxylation is 1. The minimum absolute atomic E-state index is 0.0288. The summed E-state index contributed by atoms with van der Waals surface area (Å²) < 4.78 is 31.5. The third kappa shape index (κ3) is 4.60. The molecular weight excluding hydrogens is 382 g/mol. The van der Waals surface area contributed by atoms with Gasteiger partial charge in [-0.15, -0.1) is 0 Å². The van der Waals surface area contributed by atoms with Gasteiger partial charge in [-0.2, -0.15) is 4.31 Å². The number of benzene rings is 1. The Morgan fingerprint density at radius 1 is 1.07 bits per heavy atom. The Morgan fingerprint density at radius 3 is 2.43 bits per heavy atom. The van der Waals surface area contributed by atoms with E-state index in [2.05, 4.69) is 5.32 Å². The van der Waals surface area contributed by atoms with Gasteiger partial charge in [-0.25, -0.2) is 8.42 Å². The largest absolute Gasteiger partial charge is 0.459 e. The van der Waals surface area contributed by atoms with Crippen LogP contribution in [0.4, 0.5) is 0 Å². The molecule has 0 unspecified atom stereocenters. The lowest BCUT2D eigenvalue weighted by molar-refractivity contribution is 0.0665. The van der Waals surface area contributed by atoms with Gasteiger partial charge < -0.3 is 14.6 Å². The standard InChI is InChI=1S/C19H23N3O5S/c1-15-5-2-3-6-16(15)18(23)20-8-14-28(25,26)22-11-9-21(10-12-22)19(24)17-7-4-13-27-17/h2-7,13H,8-12,14H2,1H3,(H,20,23). The predicted octanol–water partition coefficient (Wildman–Crippen LogP) is 1.11. The fourth-order valence-corrected chi connectivity index (χ4v) is 4.41. The van der Waals surface area contributed by atoms with Crippen LogP contribution in [0.15, 0.2) is 47.1 Å². The molecule has 150 valence electrons. The molecule has 1 aromatic heterocycles. The Kier molecular flexibility index (Phi) is 6.15. The third-order valence-corrected chi connectivity index (χ3v) is 6.56. The number of carbonyl (C=O) groups is 2. The van der Waals surface area contributed by atoms with Gasteiger partial charge in [0.15, 0.2) is 5.76 Å². The maximum Gasteiger partial charge on any atom is 0.289 e. The molecule has 3 rings (SSSR count). The highest BCUT2D eigenvalue weighted by Crippen LogP contribution is 2.12. The summed E-state index contributed by atoms with van der Waals surface area (Å²) in [6, 6.07) is 10.4. The van der Waals surface area contributed by atoms with Crippen LogP contribution < -0.4 is 5.32 Å². The lowest BCUT2D eigenvalue weighted by atomic mass is 10.1. The molecule has 2 heterocycles. The van der Waals surface area contributed by atoms with E-state index < -0.39 is 10.0 Å². The first-order valence-electron chi connectivity index (χ1n) is 9.03. The number of nitrogens with zero attached hydrogens (tertiary/aromatic N) is 2. The van der Waals surface area contributed by atoms with Crippen LogP contribution in [0, 0.1) is 6.92 Å². The van der Waals surface area contributed by atoms with Crippen molar-refractivity contribution in [1.82, 2.24) is 14.5 Å². The van der Waals surface area contributed by atoms with Gasteiger partial charge in [-0.3, -0.25) is 9.59 Å². The quantitative estimate of drug-likeness (QED) is 0.776. The average Bonchev–Trinajstić information content (AvgIpc) is 3.22. The number of nitrogens with one attached hydrogen (secondary N) is 1. The molecule has 8 nitrogen and oxygen atoms in total. The minimum Gasteiger partial charge on any atom is -0.459 e. The summed E-state index contributed by atoms with van der Waals surface area (Å²) in [5, 5.41) is 2.66. The molecule has 1 N–H and O–H groups in total. The van der Waals surface area contributed by atoms with Crippen molar-refractivity contribution >= 4 is 21.8 Å². The molecule has 0 radical (unpaired) electrons. The van der Waals surface area contributed by atoms with Gasteiger partial charge >= 0.3 is 0 Å². The third-order valence-electron chi connectivity index (χ3n) is 4.69. The highest BCUT2D eigenvalue weighted by molar-refractivity contribution is 7.89. The Hall–Kier alpha value is -2.65. The van der Waals surface area contributed by atoms with Gasteiger partial charge in [0, 0.05) is 38.3 Å². The molecule has 0 spiro atoms. The van der Waals surface area contributed by atoms with E-state index in [4.69, 9.17) is 4.42 Å². The lowest BCUT2D eigenvalue weighted by Gasteiger charge is -2.33. The molecule has 0 atom stereocenters. The van der Waals surface area contributed by atoms with E-state index in [9.17, 15) is 18.0 Å². The molecule has 0 aliphatic carbocycles. The van der Waals surface area contributed by atoms with Crippen molar-refractivity contribution in [3.05, 3.63) is 59.5 Å². The van der Waals surface area contributed by atoms with Crippen molar-refractivity contribution in [3.63, 3.8) is 0 Å². The van der Waals surface area contributed by atoms with Gasteiger partial charge in [0.2, 0.25) is 10.0 Å². The number of furan rings is 1. The second-order valence-electron chi connectivity index (χ2n) is 6.56. The van der Waals surface area contributed by atoms with E-state index >= 15 is 0 Å². The van der Waals surface area contributed by atoms with Crippen molar-refractivity contribution in [3.8, 4) is 0 Å². The van der Waals surface area contributed by atoms with Gasteiger partial charge in [-0.1, -0.05) is 18.2 Å². The summed E-state index contributed by atoms with van der Waals surface area (Å²) in [6.45, 7) is 2.90. The average molecular weight is 405 g/mol. The van der Waals surface area contributed by atoms with E-state index in [0.29, 0.717) is 18.7 Å². The summed E-state index contributed by atoms with van der Waals surface area (Å²) in [7, 11) is -3.52. The number of hydrogen-bond acceptors (Lipinski definition) is 5. The number of rotatable bonds is 6. The Bertz CT molecular complexity index is 932. The zero-order chi connectivity index (χ0) is 20.1. The van der Waals surface area contributed by atoms with E-state index in [1.807, 2.05) is 19.1 Å². The van der Waals surface area contributed by atoms with Crippen LogP contribution in [0.3, 0.4) is 0 Å². The first-order chi connectivity index (χ1) is 13.4. The molecule has 1 aromatic carbocycles. The fourth-order valence-electron chi connectivity index (χ4n) is 3.07. The number of piperazine rings is 1. The number of amides is 2. The van der Waals surface area contributed by atoms with Crippen LogP contribution in [-0.2, 0) is 10.0 Å². The maximum atomic E-state index is 12.5.